The van der Waals surface area contributed by atoms with E-state index < -0.39 is 11.6 Å². The van der Waals surface area contributed by atoms with Gasteiger partial charge in [0, 0.05) is 22.0 Å². The molecule has 0 heterocycles. The minimum absolute atomic E-state index is 0.118. The molecule has 0 saturated heterocycles. The number of benzene rings is 2. The lowest BCUT2D eigenvalue weighted by Crippen LogP contribution is -1.94. The molecule has 0 radical (unpaired) electrons. The second kappa shape index (κ2) is 5.80. The van der Waals surface area contributed by atoms with Gasteiger partial charge in [-0.05, 0) is 41.0 Å². The zero-order valence-corrected chi connectivity index (χ0v) is 11.9. The van der Waals surface area contributed by atoms with Crippen molar-refractivity contribution in [2.24, 2.45) is 0 Å². The van der Waals surface area contributed by atoms with E-state index in [1.165, 1.54) is 12.1 Å². The fourth-order valence-electron chi connectivity index (χ4n) is 1.90. The van der Waals surface area contributed by atoms with Crippen molar-refractivity contribution in [3.05, 3.63) is 57.0 Å². The van der Waals surface area contributed by atoms with Crippen LogP contribution in [0.2, 0.25) is 5.02 Å². The third kappa shape index (κ3) is 3.19. The monoisotopic (exact) mass is 344 g/mol. The van der Waals surface area contributed by atoms with Gasteiger partial charge in [-0.25, -0.2) is 8.78 Å². The normalized spacial score (nSPS) is 10.5. The van der Waals surface area contributed by atoms with Crippen molar-refractivity contribution < 1.29 is 13.6 Å². The van der Waals surface area contributed by atoms with Gasteiger partial charge in [0.15, 0.2) is 0 Å². The highest BCUT2D eigenvalue weighted by molar-refractivity contribution is 9.10. The van der Waals surface area contributed by atoms with Crippen LogP contribution in [0.5, 0.6) is 0 Å². The summed E-state index contributed by atoms with van der Waals surface area (Å²) in [6, 6.07) is 6.45. The van der Waals surface area contributed by atoms with Crippen LogP contribution in [0.15, 0.2) is 34.8 Å². The molecule has 0 fully saturated rings. The van der Waals surface area contributed by atoms with Gasteiger partial charge in [0.25, 0.3) is 0 Å². The van der Waals surface area contributed by atoms with Crippen molar-refractivity contribution in [2.75, 3.05) is 0 Å². The number of carbonyl (C=O) groups excluding carboxylic acids is 1. The maximum absolute atomic E-state index is 13.3. The Hall–Kier alpha value is -1.26. The summed E-state index contributed by atoms with van der Waals surface area (Å²) in [5, 5.41) is 0.448. The number of carbonyl (C=O) groups is 1. The maximum Gasteiger partial charge on any atom is 0.126 e. The average Bonchev–Trinajstić information content (AvgIpc) is 2.26. The average molecular weight is 346 g/mol. The Morgan fingerprint density at radius 3 is 2.32 bits per heavy atom. The number of halogens is 4. The molecule has 98 valence electrons. The zero-order chi connectivity index (χ0) is 14.0. The molecule has 5 heteroatoms. The molecule has 2 aromatic carbocycles. The second-order valence-corrected chi connectivity index (χ2v) is 5.24. The molecule has 0 aliphatic carbocycles. The van der Waals surface area contributed by atoms with Crippen LogP contribution in [-0.2, 0) is 11.2 Å². The second-order valence-electron chi connectivity index (χ2n) is 3.95. The molecule has 2 rings (SSSR count). The van der Waals surface area contributed by atoms with Crippen LogP contribution in [0.4, 0.5) is 8.78 Å². The van der Waals surface area contributed by atoms with Crippen LogP contribution in [0.3, 0.4) is 0 Å². The summed E-state index contributed by atoms with van der Waals surface area (Å²) < 4.78 is 27.2. The van der Waals surface area contributed by atoms with E-state index in [0.29, 0.717) is 26.2 Å². The topological polar surface area (TPSA) is 17.1 Å². The summed E-state index contributed by atoms with van der Waals surface area (Å²) >= 11 is 9.22. The Kier molecular flexibility index (Phi) is 4.32. The molecule has 0 aliphatic rings. The zero-order valence-electron chi connectivity index (χ0n) is 9.59. The van der Waals surface area contributed by atoms with Crippen molar-refractivity contribution in [1.82, 2.24) is 0 Å². The van der Waals surface area contributed by atoms with Gasteiger partial charge < -0.3 is 4.79 Å². The molecule has 0 spiro atoms. The third-order valence-corrected chi connectivity index (χ3v) is 3.43. The third-order valence-electron chi connectivity index (χ3n) is 2.59. The first-order valence-corrected chi connectivity index (χ1v) is 6.56. The Morgan fingerprint density at radius 2 is 1.74 bits per heavy atom. The molecule has 0 saturated carbocycles. The molecule has 0 bridgehead atoms. The van der Waals surface area contributed by atoms with Crippen molar-refractivity contribution in [2.45, 2.75) is 6.42 Å². The van der Waals surface area contributed by atoms with Crippen molar-refractivity contribution in [1.29, 1.82) is 0 Å². The van der Waals surface area contributed by atoms with Gasteiger partial charge in [-0.3, -0.25) is 0 Å². The Morgan fingerprint density at radius 1 is 1.11 bits per heavy atom. The smallest absolute Gasteiger partial charge is 0.126 e. The highest BCUT2D eigenvalue weighted by Gasteiger charge is 2.13. The lowest BCUT2D eigenvalue weighted by atomic mass is 9.98. The van der Waals surface area contributed by atoms with Crippen LogP contribution >= 0.6 is 27.5 Å². The molecular formula is C14H8BrClF2O. The van der Waals surface area contributed by atoms with Gasteiger partial charge in [0.1, 0.15) is 17.9 Å². The molecule has 0 unspecified atom stereocenters. The molecule has 0 amide bonds. The quantitative estimate of drug-likeness (QED) is 0.731. The van der Waals surface area contributed by atoms with Gasteiger partial charge in [-0.2, -0.15) is 0 Å². The van der Waals surface area contributed by atoms with Gasteiger partial charge in [0.2, 0.25) is 0 Å². The lowest BCUT2D eigenvalue weighted by molar-refractivity contribution is -0.107. The fraction of sp³-hybridized carbons (Fsp3) is 0.0714. The van der Waals surface area contributed by atoms with Crippen LogP contribution < -0.4 is 0 Å². The first-order valence-electron chi connectivity index (χ1n) is 5.39. The highest BCUT2D eigenvalue weighted by atomic mass is 79.9. The summed E-state index contributed by atoms with van der Waals surface area (Å²) in [4.78, 5) is 10.7. The predicted octanol–water partition coefficient (Wildman–Crippen LogP) is 4.79. The van der Waals surface area contributed by atoms with E-state index in [-0.39, 0.29) is 6.42 Å². The van der Waals surface area contributed by atoms with E-state index >= 15 is 0 Å². The summed E-state index contributed by atoms with van der Waals surface area (Å²) in [5.74, 6) is -1.34. The summed E-state index contributed by atoms with van der Waals surface area (Å²) in [6.45, 7) is 0. The van der Waals surface area contributed by atoms with Crippen molar-refractivity contribution in [3.8, 4) is 11.1 Å². The Balaban J connectivity index is 2.69. The van der Waals surface area contributed by atoms with Crippen LogP contribution in [0.25, 0.3) is 11.1 Å². The van der Waals surface area contributed by atoms with Crippen molar-refractivity contribution >= 4 is 33.8 Å². The van der Waals surface area contributed by atoms with Gasteiger partial charge in [-0.15, -0.1) is 0 Å². The molecule has 0 N–H and O–H groups in total. The molecule has 1 nitrogen and oxygen atoms in total. The van der Waals surface area contributed by atoms with Gasteiger partial charge in [-0.1, -0.05) is 27.5 Å². The van der Waals surface area contributed by atoms with Gasteiger partial charge in [0.05, 0.1) is 0 Å². The largest absolute Gasteiger partial charge is 0.303 e. The van der Waals surface area contributed by atoms with Crippen molar-refractivity contribution in [3.63, 3.8) is 0 Å². The molecule has 0 aromatic heterocycles. The number of hydrogen-bond acceptors (Lipinski definition) is 1. The summed E-state index contributed by atoms with van der Waals surface area (Å²) in [6.07, 6.45) is 0.837. The van der Waals surface area contributed by atoms with E-state index in [9.17, 15) is 13.6 Å². The molecule has 19 heavy (non-hydrogen) atoms. The van der Waals surface area contributed by atoms with Crippen LogP contribution in [0.1, 0.15) is 5.56 Å². The standard InChI is InChI=1S/C14H8BrClF2O/c15-13-6-10(16)3-8(1-2-19)14(13)9-4-11(17)7-12(18)5-9/h2-7H,1H2. The van der Waals surface area contributed by atoms with E-state index in [1.54, 1.807) is 12.1 Å². The molecule has 2 aromatic rings. The number of aldehydes is 1. The number of rotatable bonds is 3. The maximum atomic E-state index is 13.3. The van der Waals surface area contributed by atoms with E-state index in [4.69, 9.17) is 11.6 Å². The minimum Gasteiger partial charge on any atom is -0.303 e. The predicted molar refractivity (Wildman–Crippen MR) is 74.3 cm³/mol. The molecule has 0 atom stereocenters. The first kappa shape index (κ1) is 14.2. The fourth-order valence-corrected chi connectivity index (χ4v) is 3.00. The SMILES string of the molecule is O=CCc1cc(Cl)cc(Br)c1-c1cc(F)cc(F)c1. The highest BCUT2D eigenvalue weighted by Crippen LogP contribution is 2.35. The number of hydrogen-bond donors (Lipinski definition) is 0. The van der Waals surface area contributed by atoms with Crippen LogP contribution in [0, 0.1) is 11.6 Å². The molecule has 0 aliphatic heterocycles. The van der Waals surface area contributed by atoms with E-state index in [0.717, 1.165) is 12.4 Å². The minimum atomic E-state index is -0.672. The van der Waals surface area contributed by atoms with E-state index in [1.807, 2.05) is 0 Å². The lowest BCUT2D eigenvalue weighted by Gasteiger charge is -2.11. The summed E-state index contributed by atoms with van der Waals surface area (Å²) in [5.41, 5.74) is 1.53. The summed E-state index contributed by atoms with van der Waals surface area (Å²) in [7, 11) is 0. The molecular weight excluding hydrogens is 338 g/mol. The Labute approximate surface area is 122 Å². The Bertz CT molecular complexity index is 623. The van der Waals surface area contributed by atoms with E-state index in [2.05, 4.69) is 15.9 Å². The van der Waals surface area contributed by atoms with Gasteiger partial charge >= 0.3 is 0 Å². The first-order chi connectivity index (χ1) is 9.01. The van der Waals surface area contributed by atoms with Crippen LogP contribution in [-0.4, -0.2) is 6.29 Å².